The number of halogens is 2. The Kier molecular flexibility index (Phi) is 6.94. The number of esters is 2. The van der Waals surface area contributed by atoms with E-state index in [1.807, 2.05) is 0 Å². The third-order valence-corrected chi connectivity index (χ3v) is 5.17. The summed E-state index contributed by atoms with van der Waals surface area (Å²) < 4.78 is 29.3. The zero-order valence-electron chi connectivity index (χ0n) is 14.2. The smallest absolute Gasteiger partial charge is 0.359 e. The lowest BCUT2D eigenvalue weighted by atomic mass is 10.3. The molecule has 0 amide bonds. The van der Waals surface area contributed by atoms with E-state index < -0.39 is 34.3 Å². The standard InChI is InChI=1S/C15H13Cl2N3O6S/c1-24-13-12(20-27(23)8-6-4-5-7(16)9(8)17)18-10(14(21)25-2)11(19-13)15(22)26-3/h4-6H,1-3H3,(H,18,20). The molecule has 0 aliphatic carbocycles. The largest absolute Gasteiger partial charge is 0.478 e. The molecule has 0 aliphatic rings. The second-order valence-electron chi connectivity index (χ2n) is 4.68. The summed E-state index contributed by atoms with van der Waals surface area (Å²) in [5.41, 5.74) is -0.861. The molecule has 2 aromatic rings. The summed E-state index contributed by atoms with van der Waals surface area (Å²) in [5, 5.41) is 0.287. The Balaban J connectivity index is 2.52. The Labute approximate surface area is 166 Å². The summed E-state index contributed by atoms with van der Waals surface area (Å²) in [6.45, 7) is 0. The number of methoxy groups -OCH3 is 3. The van der Waals surface area contributed by atoms with Crippen LogP contribution in [0.3, 0.4) is 0 Å². The molecule has 2 rings (SSSR count). The molecule has 1 N–H and O–H groups in total. The fourth-order valence-electron chi connectivity index (χ4n) is 1.88. The predicted octanol–water partition coefficient (Wildman–Crippen LogP) is 2.50. The van der Waals surface area contributed by atoms with Crippen LogP contribution in [-0.2, 0) is 20.5 Å². The summed E-state index contributed by atoms with van der Waals surface area (Å²) in [4.78, 5) is 31.8. The van der Waals surface area contributed by atoms with E-state index in [0.29, 0.717) is 0 Å². The summed E-state index contributed by atoms with van der Waals surface area (Å²) in [7, 11) is 1.54. The highest BCUT2D eigenvalue weighted by molar-refractivity contribution is 7.86. The van der Waals surface area contributed by atoms with Gasteiger partial charge in [0.1, 0.15) is 0 Å². The maximum Gasteiger partial charge on any atom is 0.359 e. The molecule has 0 spiro atoms. The van der Waals surface area contributed by atoms with Gasteiger partial charge in [-0.2, -0.15) is 0 Å². The van der Waals surface area contributed by atoms with Crippen molar-refractivity contribution in [3.05, 3.63) is 39.6 Å². The number of aromatic nitrogens is 2. The minimum atomic E-state index is -1.93. The number of hydrogen-bond acceptors (Lipinski definition) is 8. The zero-order chi connectivity index (χ0) is 20.1. The van der Waals surface area contributed by atoms with Gasteiger partial charge in [-0.25, -0.2) is 23.8 Å². The van der Waals surface area contributed by atoms with Gasteiger partial charge in [0.05, 0.1) is 36.3 Å². The minimum absolute atomic E-state index is 0.0799. The Bertz CT molecular complexity index is 925. The molecule has 9 nitrogen and oxygen atoms in total. The maximum absolute atomic E-state index is 12.6. The number of benzene rings is 1. The second kappa shape index (κ2) is 8.98. The molecule has 1 aromatic heterocycles. The molecular formula is C15H13Cl2N3O6S. The SMILES string of the molecule is COC(=O)c1nc(NS(=O)c2cccc(Cl)c2Cl)c(OC)nc1C(=O)OC. The van der Waals surface area contributed by atoms with Gasteiger partial charge in [-0.05, 0) is 12.1 Å². The van der Waals surface area contributed by atoms with Crippen LogP contribution in [0.2, 0.25) is 10.0 Å². The molecule has 1 aromatic carbocycles. The van der Waals surface area contributed by atoms with Crippen LogP contribution in [-0.4, -0.2) is 47.4 Å². The van der Waals surface area contributed by atoms with Crippen LogP contribution in [0.25, 0.3) is 0 Å². The average molecular weight is 434 g/mol. The van der Waals surface area contributed by atoms with Crippen molar-refractivity contribution < 1.29 is 28.0 Å². The molecule has 0 fully saturated rings. The van der Waals surface area contributed by atoms with E-state index in [4.69, 9.17) is 27.9 Å². The average Bonchev–Trinajstić information content (AvgIpc) is 2.68. The molecule has 12 heteroatoms. The van der Waals surface area contributed by atoms with Gasteiger partial charge in [-0.3, -0.25) is 4.72 Å². The van der Waals surface area contributed by atoms with Crippen molar-refractivity contribution in [3.8, 4) is 5.88 Å². The Hall–Kier alpha value is -2.43. The van der Waals surface area contributed by atoms with E-state index >= 15 is 0 Å². The number of anilines is 1. The van der Waals surface area contributed by atoms with Gasteiger partial charge < -0.3 is 14.2 Å². The molecule has 1 atom stereocenters. The molecule has 1 unspecified atom stereocenters. The summed E-state index contributed by atoms with van der Waals surface area (Å²) >= 11 is 12.0. The van der Waals surface area contributed by atoms with E-state index in [-0.39, 0.29) is 26.6 Å². The lowest BCUT2D eigenvalue weighted by Gasteiger charge is -2.13. The van der Waals surface area contributed by atoms with Crippen molar-refractivity contribution in [1.82, 2.24) is 9.97 Å². The zero-order valence-corrected chi connectivity index (χ0v) is 16.6. The molecule has 27 heavy (non-hydrogen) atoms. The van der Waals surface area contributed by atoms with Crippen LogP contribution in [0.5, 0.6) is 5.88 Å². The number of nitrogens with one attached hydrogen (secondary N) is 1. The molecule has 0 saturated carbocycles. The predicted molar refractivity (Wildman–Crippen MR) is 97.8 cm³/mol. The van der Waals surface area contributed by atoms with Gasteiger partial charge >= 0.3 is 11.9 Å². The number of carbonyl (C=O) groups excluding carboxylic acids is 2. The van der Waals surface area contributed by atoms with Crippen molar-refractivity contribution in [2.45, 2.75) is 4.90 Å². The van der Waals surface area contributed by atoms with E-state index in [9.17, 15) is 13.8 Å². The first-order valence-corrected chi connectivity index (χ1v) is 8.99. The lowest BCUT2D eigenvalue weighted by Crippen LogP contribution is -2.19. The molecule has 0 saturated heterocycles. The number of hydrogen-bond donors (Lipinski definition) is 1. The van der Waals surface area contributed by atoms with Crippen LogP contribution < -0.4 is 9.46 Å². The van der Waals surface area contributed by atoms with Gasteiger partial charge in [0.15, 0.2) is 22.4 Å². The molecule has 1 heterocycles. The Morgan fingerprint density at radius 1 is 1.04 bits per heavy atom. The maximum atomic E-state index is 12.6. The van der Waals surface area contributed by atoms with Crippen LogP contribution in [0, 0.1) is 0 Å². The van der Waals surface area contributed by atoms with Gasteiger partial charge in [-0.1, -0.05) is 29.3 Å². The molecular weight excluding hydrogens is 421 g/mol. The van der Waals surface area contributed by atoms with E-state index in [2.05, 4.69) is 24.2 Å². The number of nitrogens with zero attached hydrogens (tertiary/aromatic N) is 2. The van der Waals surface area contributed by atoms with Gasteiger partial charge in [0.2, 0.25) is 5.82 Å². The van der Waals surface area contributed by atoms with Crippen molar-refractivity contribution in [1.29, 1.82) is 0 Å². The Morgan fingerprint density at radius 3 is 2.19 bits per heavy atom. The summed E-state index contributed by atoms with van der Waals surface area (Å²) in [6, 6.07) is 4.58. The summed E-state index contributed by atoms with van der Waals surface area (Å²) in [6.07, 6.45) is 0. The second-order valence-corrected chi connectivity index (χ2v) is 6.65. The van der Waals surface area contributed by atoms with Crippen molar-refractivity contribution in [2.24, 2.45) is 0 Å². The first-order chi connectivity index (χ1) is 12.8. The quantitative estimate of drug-likeness (QED) is 0.690. The van der Waals surface area contributed by atoms with Crippen LogP contribution >= 0.6 is 23.2 Å². The molecule has 144 valence electrons. The normalized spacial score (nSPS) is 11.4. The van der Waals surface area contributed by atoms with Crippen LogP contribution in [0.15, 0.2) is 23.1 Å². The molecule has 0 bridgehead atoms. The van der Waals surface area contributed by atoms with E-state index in [1.165, 1.54) is 19.2 Å². The van der Waals surface area contributed by atoms with Gasteiger partial charge in [0, 0.05) is 0 Å². The fourth-order valence-corrected chi connectivity index (χ4v) is 3.34. The monoisotopic (exact) mass is 433 g/mol. The Morgan fingerprint density at radius 2 is 1.63 bits per heavy atom. The minimum Gasteiger partial charge on any atom is -0.478 e. The van der Waals surface area contributed by atoms with Crippen molar-refractivity contribution >= 4 is 51.9 Å². The van der Waals surface area contributed by atoms with Crippen LogP contribution in [0.1, 0.15) is 21.0 Å². The fraction of sp³-hybridized carbons (Fsp3) is 0.200. The van der Waals surface area contributed by atoms with Crippen LogP contribution in [0.4, 0.5) is 5.82 Å². The van der Waals surface area contributed by atoms with Gasteiger partial charge in [0.25, 0.3) is 5.88 Å². The highest BCUT2D eigenvalue weighted by Crippen LogP contribution is 2.30. The molecule has 0 aliphatic heterocycles. The number of rotatable bonds is 6. The lowest BCUT2D eigenvalue weighted by molar-refractivity contribution is 0.0543. The first-order valence-electron chi connectivity index (χ1n) is 7.09. The topological polar surface area (TPSA) is 117 Å². The third-order valence-electron chi connectivity index (χ3n) is 3.12. The van der Waals surface area contributed by atoms with E-state index in [1.54, 1.807) is 6.07 Å². The highest BCUT2D eigenvalue weighted by Gasteiger charge is 2.27. The van der Waals surface area contributed by atoms with E-state index in [0.717, 1.165) is 14.2 Å². The number of ether oxygens (including phenoxy) is 3. The molecule has 0 radical (unpaired) electrons. The third kappa shape index (κ3) is 4.46. The highest BCUT2D eigenvalue weighted by atomic mass is 35.5. The van der Waals surface area contributed by atoms with Gasteiger partial charge in [-0.15, -0.1) is 0 Å². The summed E-state index contributed by atoms with van der Waals surface area (Å²) in [5.74, 6) is -2.25. The van der Waals surface area contributed by atoms with Crippen molar-refractivity contribution in [2.75, 3.05) is 26.1 Å². The first kappa shape index (κ1) is 20.9. The number of carbonyl (C=O) groups is 2. The van der Waals surface area contributed by atoms with Crippen molar-refractivity contribution in [3.63, 3.8) is 0 Å².